The first-order chi connectivity index (χ1) is 12.7. The number of sulfonamides is 1. The maximum absolute atomic E-state index is 12.3. The van der Waals surface area contributed by atoms with E-state index in [0.717, 1.165) is 0 Å². The van der Waals surface area contributed by atoms with Crippen molar-refractivity contribution in [3.05, 3.63) is 54.1 Å². The molecule has 144 valence electrons. The van der Waals surface area contributed by atoms with E-state index in [1.165, 1.54) is 6.92 Å². The molecule has 2 aromatic carbocycles. The van der Waals surface area contributed by atoms with Crippen molar-refractivity contribution >= 4 is 33.1 Å². The SMILES string of the molecule is CCS(=O)(=O)Nc1ccc(NC(=O)C(C)Oc2cccc(C(C)=O)c2)cc1. The lowest BCUT2D eigenvalue weighted by atomic mass is 10.1. The van der Waals surface area contributed by atoms with E-state index in [1.54, 1.807) is 62.4 Å². The second-order valence-corrected chi connectivity index (χ2v) is 7.93. The number of hydrogen-bond donors (Lipinski definition) is 2. The van der Waals surface area contributed by atoms with Crippen molar-refractivity contribution in [2.75, 3.05) is 15.8 Å². The summed E-state index contributed by atoms with van der Waals surface area (Å²) < 4.78 is 31.1. The highest BCUT2D eigenvalue weighted by Crippen LogP contribution is 2.18. The minimum atomic E-state index is -3.35. The molecule has 0 aromatic heterocycles. The van der Waals surface area contributed by atoms with Crippen molar-refractivity contribution in [1.29, 1.82) is 0 Å². The van der Waals surface area contributed by atoms with Crippen LogP contribution in [0.25, 0.3) is 0 Å². The van der Waals surface area contributed by atoms with Gasteiger partial charge >= 0.3 is 0 Å². The molecule has 0 radical (unpaired) electrons. The molecular formula is C19H22N2O5S. The van der Waals surface area contributed by atoms with Gasteiger partial charge in [-0.1, -0.05) is 12.1 Å². The average Bonchev–Trinajstić information content (AvgIpc) is 2.63. The predicted molar refractivity (Wildman–Crippen MR) is 105 cm³/mol. The van der Waals surface area contributed by atoms with Gasteiger partial charge in [0.25, 0.3) is 5.91 Å². The molecule has 0 aliphatic heterocycles. The monoisotopic (exact) mass is 390 g/mol. The first-order valence-corrected chi connectivity index (χ1v) is 10.0. The lowest BCUT2D eigenvalue weighted by Gasteiger charge is -2.15. The van der Waals surface area contributed by atoms with Crippen LogP contribution in [0.15, 0.2) is 48.5 Å². The predicted octanol–water partition coefficient (Wildman–Crippen LogP) is 3.06. The van der Waals surface area contributed by atoms with Gasteiger partial charge in [-0.2, -0.15) is 0 Å². The van der Waals surface area contributed by atoms with Crippen LogP contribution in [0.4, 0.5) is 11.4 Å². The van der Waals surface area contributed by atoms with Crippen molar-refractivity contribution in [1.82, 2.24) is 0 Å². The average molecular weight is 390 g/mol. The summed E-state index contributed by atoms with van der Waals surface area (Å²) in [6.45, 7) is 4.60. The van der Waals surface area contributed by atoms with E-state index in [4.69, 9.17) is 4.74 Å². The number of rotatable bonds is 8. The Morgan fingerprint density at radius 2 is 1.70 bits per heavy atom. The minimum absolute atomic E-state index is 0.0226. The molecule has 0 heterocycles. The van der Waals surface area contributed by atoms with E-state index < -0.39 is 16.1 Å². The Labute approximate surface area is 158 Å². The summed E-state index contributed by atoms with van der Waals surface area (Å²) in [5, 5.41) is 2.70. The molecule has 0 saturated heterocycles. The van der Waals surface area contributed by atoms with Gasteiger partial charge in [0.05, 0.1) is 5.75 Å². The van der Waals surface area contributed by atoms with E-state index in [1.807, 2.05) is 0 Å². The summed E-state index contributed by atoms with van der Waals surface area (Å²) in [6, 6.07) is 12.9. The zero-order valence-electron chi connectivity index (χ0n) is 15.4. The molecule has 2 N–H and O–H groups in total. The summed E-state index contributed by atoms with van der Waals surface area (Å²) in [7, 11) is -3.35. The quantitative estimate of drug-likeness (QED) is 0.675. The molecule has 1 unspecified atom stereocenters. The number of benzene rings is 2. The molecule has 0 saturated carbocycles. The number of nitrogens with one attached hydrogen (secondary N) is 2. The van der Waals surface area contributed by atoms with Crippen molar-refractivity contribution in [2.24, 2.45) is 0 Å². The van der Waals surface area contributed by atoms with E-state index in [0.29, 0.717) is 22.7 Å². The van der Waals surface area contributed by atoms with Crippen molar-refractivity contribution < 1.29 is 22.7 Å². The largest absolute Gasteiger partial charge is 0.481 e. The molecule has 8 heteroatoms. The van der Waals surface area contributed by atoms with Gasteiger partial charge in [0.1, 0.15) is 5.75 Å². The molecular weight excluding hydrogens is 368 g/mol. The summed E-state index contributed by atoms with van der Waals surface area (Å²) >= 11 is 0. The van der Waals surface area contributed by atoms with Crippen LogP contribution in [-0.2, 0) is 14.8 Å². The molecule has 1 atom stereocenters. The smallest absolute Gasteiger partial charge is 0.265 e. The fourth-order valence-corrected chi connectivity index (χ4v) is 2.80. The van der Waals surface area contributed by atoms with Crippen molar-refractivity contribution in [2.45, 2.75) is 26.9 Å². The number of ketones is 1. The van der Waals surface area contributed by atoms with Crippen LogP contribution in [0.5, 0.6) is 5.75 Å². The maximum atomic E-state index is 12.3. The lowest BCUT2D eigenvalue weighted by Crippen LogP contribution is -2.30. The molecule has 7 nitrogen and oxygen atoms in total. The minimum Gasteiger partial charge on any atom is -0.481 e. The first-order valence-electron chi connectivity index (χ1n) is 8.39. The Hall–Kier alpha value is -2.87. The second kappa shape index (κ2) is 8.68. The Kier molecular flexibility index (Phi) is 6.57. The molecule has 0 aliphatic carbocycles. The third kappa shape index (κ3) is 6.10. The lowest BCUT2D eigenvalue weighted by molar-refractivity contribution is -0.122. The summed E-state index contributed by atoms with van der Waals surface area (Å²) in [5.41, 5.74) is 1.43. The molecule has 0 bridgehead atoms. The third-order valence-corrected chi connectivity index (χ3v) is 5.04. The van der Waals surface area contributed by atoms with Crippen LogP contribution in [0.1, 0.15) is 31.1 Å². The Morgan fingerprint density at radius 1 is 1.07 bits per heavy atom. The molecule has 0 spiro atoms. The van der Waals surface area contributed by atoms with Crippen molar-refractivity contribution in [3.8, 4) is 5.75 Å². The van der Waals surface area contributed by atoms with Crippen molar-refractivity contribution in [3.63, 3.8) is 0 Å². The number of hydrogen-bond acceptors (Lipinski definition) is 5. The van der Waals surface area contributed by atoms with Gasteiger partial charge in [-0.3, -0.25) is 14.3 Å². The standard InChI is InChI=1S/C19H22N2O5S/c1-4-27(24,25)21-17-10-8-16(9-11-17)20-19(23)14(3)26-18-7-5-6-15(12-18)13(2)22/h5-12,14,21H,4H2,1-3H3,(H,20,23). The number of Topliss-reactive ketones (excluding diaryl/α,β-unsaturated/α-hetero) is 1. The van der Waals surface area contributed by atoms with Gasteiger partial charge in [-0.05, 0) is 57.2 Å². The Bertz CT molecular complexity index is 923. The zero-order valence-corrected chi connectivity index (χ0v) is 16.2. The highest BCUT2D eigenvalue weighted by Gasteiger charge is 2.15. The van der Waals surface area contributed by atoms with Gasteiger partial charge in [0.15, 0.2) is 11.9 Å². The van der Waals surface area contributed by atoms with Gasteiger partial charge in [0.2, 0.25) is 10.0 Å². The first kappa shape index (κ1) is 20.4. The number of carbonyl (C=O) groups excluding carboxylic acids is 2. The third-order valence-electron chi connectivity index (χ3n) is 3.73. The highest BCUT2D eigenvalue weighted by molar-refractivity contribution is 7.92. The van der Waals surface area contributed by atoms with Crippen LogP contribution in [0.2, 0.25) is 0 Å². The molecule has 2 rings (SSSR count). The van der Waals surface area contributed by atoms with E-state index in [-0.39, 0.29) is 17.4 Å². The number of ether oxygens (including phenoxy) is 1. The summed E-state index contributed by atoms with van der Waals surface area (Å²) in [6.07, 6.45) is -0.787. The second-order valence-electron chi connectivity index (χ2n) is 5.92. The molecule has 1 amide bonds. The summed E-state index contributed by atoms with van der Waals surface area (Å²) in [5.74, 6) is -0.0540. The Balaban J connectivity index is 1.98. The van der Waals surface area contributed by atoms with E-state index in [9.17, 15) is 18.0 Å². The molecule has 0 aliphatic rings. The van der Waals surface area contributed by atoms with Crippen LogP contribution in [-0.4, -0.2) is 32.0 Å². The summed E-state index contributed by atoms with van der Waals surface area (Å²) in [4.78, 5) is 23.7. The zero-order chi connectivity index (χ0) is 20.0. The number of anilines is 2. The normalized spacial score (nSPS) is 12.1. The topological polar surface area (TPSA) is 102 Å². The van der Waals surface area contributed by atoms with Gasteiger partial charge in [-0.15, -0.1) is 0 Å². The number of carbonyl (C=O) groups is 2. The highest BCUT2D eigenvalue weighted by atomic mass is 32.2. The molecule has 0 fully saturated rings. The van der Waals surface area contributed by atoms with Gasteiger partial charge in [0, 0.05) is 16.9 Å². The van der Waals surface area contributed by atoms with Gasteiger partial charge in [-0.25, -0.2) is 8.42 Å². The molecule has 27 heavy (non-hydrogen) atoms. The Morgan fingerprint density at radius 3 is 2.30 bits per heavy atom. The van der Waals surface area contributed by atoms with Crippen LogP contribution in [0, 0.1) is 0 Å². The molecule has 2 aromatic rings. The fraction of sp³-hybridized carbons (Fsp3) is 0.263. The fourth-order valence-electron chi connectivity index (χ4n) is 2.16. The number of amides is 1. The van der Waals surface area contributed by atoms with E-state index >= 15 is 0 Å². The van der Waals surface area contributed by atoms with E-state index in [2.05, 4.69) is 10.0 Å². The van der Waals surface area contributed by atoms with Crippen LogP contribution >= 0.6 is 0 Å². The van der Waals surface area contributed by atoms with Crippen LogP contribution in [0.3, 0.4) is 0 Å². The van der Waals surface area contributed by atoms with Crippen LogP contribution < -0.4 is 14.8 Å². The van der Waals surface area contributed by atoms with Gasteiger partial charge < -0.3 is 10.1 Å². The maximum Gasteiger partial charge on any atom is 0.265 e.